The molecule has 2 aliphatic rings. The maximum atomic E-state index is 12.0. The van der Waals surface area contributed by atoms with E-state index in [4.69, 9.17) is 5.73 Å². The van der Waals surface area contributed by atoms with E-state index < -0.39 is 0 Å². The number of rotatable bonds is 4. The number of amides is 1. The second kappa shape index (κ2) is 5.36. The van der Waals surface area contributed by atoms with Gasteiger partial charge < -0.3 is 15.5 Å². The Morgan fingerprint density at radius 3 is 2.18 bits per heavy atom. The Bertz CT molecular complexity index is 276. The monoisotopic (exact) mass is 239 g/mol. The highest BCUT2D eigenvalue weighted by Gasteiger charge is 2.41. The minimum absolute atomic E-state index is 0.145. The summed E-state index contributed by atoms with van der Waals surface area (Å²) in [4.78, 5) is 16.4. The van der Waals surface area contributed by atoms with E-state index in [-0.39, 0.29) is 12.5 Å². The van der Waals surface area contributed by atoms with E-state index in [1.807, 2.05) is 0 Å². The molecule has 2 rings (SSSR count). The zero-order valence-corrected chi connectivity index (χ0v) is 11.1. The van der Waals surface area contributed by atoms with Crippen LogP contribution in [0.25, 0.3) is 0 Å². The summed E-state index contributed by atoms with van der Waals surface area (Å²) in [6.45, 7) is 0.160. The van der Waals surface area contributed by atoms with Crippen LogP contribution in [0.3, 0.4) is 0 Å². The minimum atomic E-state index is 0.145. The van der Waals surface area contributed by atoms with Gasteiger partial charge in [-0.1, -0.05) is 12.8 Å². The fraction of sp³-hybridized carbons (Fsp3) is 0.923. The summed E-state index contributed by atoms with van der Waals surface area (Å²) >= 11 is 0. The van der Waals surface area contributed by atoms with E-state index in [1.54, 1.807) is 0 Å². The lowest BCUT2D eigenvalue weighted by Gasteiger charge is -2.43. The SMILES string of the molecule is CN(C)[C@@H]1CCCC[C@@H]1N(C(=O)CN)C1CC1. The van der Waals surface area contributed by atoms with Crippen LogP contribution in [0.5, 0.6) is 0 Å². The highest BCUT2D eigenvalue weighted by atomic mass is 16.2. The van der Waals surface area contributed by atoms with Crippen LogP contribution in [-0.4, -0.2) is 54.5 Å². The molecule has 2 atom stereocenters. The summed E-state index contributed by atoms with van der Waals surface area (Å²) < 4.78 is 0. The Morgan fingerprint density at radius 2 is 1.71 bits per heavy atom. The van der Waals surface area contributed by atoms with E-state index in [9.17, 15) is 4.79 Å². The van der Waals surface area contributed by atoms with Gasteiger partial charge in [0.1, 0.15) is 0 Å². The predicted octanol–water partition coefficient (Wildman–Crippen LogP) is 0.809. The summed E-state index contributed by atoms with van der Waals surface area (Å²) in [5, 5.41) is 0. The van der Waals surface area contributed by atoms with Gasteiger partial charge in [-0.25, -0.2) is 0 Å². The molecule has 4 nitrogen and oxygen atoms in total. The van der Waals surface area contributed by atoms with Crippen molar-refractivity contribution < 1.29 is 4.79 Å². The normalized spacial score (nSPS) is 29.4. The van der Waals surface area contributed by atoms with Crippen molar-refractivity contribution >= 4 is 5.91 Å². The van der Waals surface area contributed by atoms with Gasteiger partial charge in [-0.2, -0.15) is 0 Å². The quantitative estimate of drug-likeness (QED) is 0.790. The van der Waals surface area contributed by atoms with E-state index in [2.05, 4.69) is 23.9 Å². The molecule has 17 heavy (non-hydrogen) atoms. The molecule has 0 unspecified atom stereocenters. The molecular formula is C13H25N3O. The van der Waals surface area contributed by atoms with Gasteiger partial charge in [0.05, 0.1) is 6.54 Å². The van der Waals surface area contributed by atoms with Gasteiger partial charge in [-0.3, -0.25) is 4.79 Å². The zero-order chi connectivity index (χ0) is 12.4. The van der Waals surface area contributed by atoms with Gasteiger partial charge in [-0.05, 0) is 39.8 Å². The maximum Gasteiger partial charge on any atom is 0.236 e. The van der Waals surface area contributed by atoms with Crippen LogP contribution in [0.1, 0.15) is 38.5 Å². The molecule has 2 aliphatic carbocycles. The molecule has 0 aliphatic heterocycles. The number of hydrogen-bond acceptors (Lipinski definition) is 3. The van der Waals surface area contributed by atoms with Crippen molar-refractivity contribution in [2.24, 2.45) is 5.73 Å². The lowest BCUT2D eigenvalue weighted by Crippen LogP contribution is -2.55. The van der Waals surface area contributed by atoms with Crippen LogP contribution in [0, 0.1) is 0 Å². The van der Waals surface area contributed by atoms with Crippen molar-refractivity contribution in [1.82, 2.24) is 9.80 Å². The molecule has 4 heteroatoms. The Morgan fingerprint density at radius 1 is 1.12 bits per heavy atom. The molecule has 0 aromatic rings. The molecule has 2 N–H and O–H groups in total. The summed E-state index contributed by atoms with van der Waals surface area (Å²) in [5.41, 5.74) is 5.56. The number of nitrogens with two attached hydrogens (primary N) is 1. The molecule has 0 heterocycles. The van der Waals surface area contributed by atoms with Crippen molar-refractivity contribution in [3.05, 3.63) is 0 Å². The first-order chi connectivity index (χ1) is 8.15. The van der Waals surface area contributed by atoms with E-state index >= 15 is 0 Å². The van der Waals surface area contributed by atoms with Crippen molar-refractivity contribution in [2.45, 2.75) is 56.7 Å². The molecule has 0 saturated heterocycles. The molecule has 1 amide bonds. The number of carbonyl (C=O) groups is 1. The Hall–Kier alpha value is -0.610. The molecule has 0 radical (unpaired) electrons. The predicted molar refractivity (Wildman–Crippen MR) is 68.7 cm³/mol. The lowest BCUT2D eigenvalue weighted by atomic mass is 9.88. The van der Waals surface area contributed by atoms with Crippen LogP contribution < -0.4 is 5.73 Å². The molecule has 0 aromatic carbocycles. The molecule has 0 spiro atoms. The van der Waals surface area contributed by atoms with Gasteiger partial charge in [0.2, 0.25) is 5.91 Å². The van der Waals surface area contributed by atoms with Crippen LogP contribution in [0.4, 0.5) is 0 Å². The first-order valence-electron chi connectivity index (χ1n) is 6.82. The van der Waals surface area contributed by atoms with Crippen molar-refractivity contribution in [2.75, 3.05) is 20.6 Å². The standard InChI is InChI=1S/C13H25N3O/c1-15(2)11-5-3-4-6-12(11)16(10-7-8-10)13(17)9-14/h10-12H,3-9,14H2,1-2H3/t11-,12+/m1/s1. The summed E-state index contributed by atoms with van der Waals surface area (Å²) in [6, 6.07) is 1.39. The summed E-state index contributed by atoms with van der Waals surface area (Å²) in [6.07, 6.45) is 7.22. The number of hydrogen-bond donors (Lipinski definition) is 1. The van der Waals surface area contributed by atoms with E-state index in [0.29, 0.717) is 18.1 Å². The highest BCUT2D eigenvalue weighted by molar-refractivity contribution is 5.79. The van der Waals surface area contributed by atoms with Crippen LogP contribution in [0.15, 0.2) is 0 Å². The number of nitrogens with zero attached hydrogens (tertiary/aromatic N) is 2. The average molecular weight is 239 g/mol. The number of carbonyl (C=O) groups excluding carboxylic acids is 1. The third-order valence-corrected chi connectivity index (χ3v) is 4.12. The summed E-state index contributed by atoms with van der Waals surface area (Å²) in [7, 11) is 4.25. The van der Waals surface area contributed by atoms with Gasteiger partial charge in [0, 0.05) is 18.1 Å². The fourth-order valence-electron chi connectivity index (χ4n) is 3.14. The Balaban J connectivity index is 2.11. The van der Waals surface area contributed by atoms with Crippen LogP contribution >= 0.6 is 0 Å². The first-order valence-corrected chi connectivity index (χ1v) is 6.82. The molecule has 2 saturated carbocycles. The lowest BCUT2D eigenvalue weighted by molar-refractivity contribution is -0.134. The average Bonchev–Trinajstić information content (AvgIpc) is 3.14. The Labute approximate surface area is 104 Å². The third-order valence-electron chi connectivity index (χ3n) is 4.12. The van der Waals surface area contributed by atoms with Crippen molar-refractivity contribution in [3.8, 4) is 0 Å². The molecule has 2 fully saturated rings. The number of likely N-dealkylation sites (N-methyl/N-ethyl adjacent to an activating group) is 1. The largest absolute Gasteiger partial charge is 0.334 e. The van der Waals surface area contributed by atoms with Crippen molar-refractivity contribution in [3.63, 3.8) is 0 Å². The van der Waals surface area contributed by atoms with Gasteiger partial charge in [-0.15, -0.1) is 0 Å². The summed E-state index contributed by atoms with van der Waals surface area (Å²) in [5.74, 6) is 0.145. The molecular weight excluding hydrogens is 214 g/mol. The first kappa shape index (κ1) is 12.8. The zero-order valence-electron chi connectivity index (χ0n) is 11.1. The molecule has 0 bridgehead atoms. The molecule has 98 valence electrons. The topological polar surface area (TPSA) is 49.6 Å². The van der Waals surface area contributed by atoms with Crippen LogP contribution in [0.2, 0.25) is 0 Å². The van der Waals surface area contributed by atoms with Gasteiger partial charge in [0.15, 0.2) is 0 Å². The minimum Gasteiger partial charge on any atom is -0.334 e. The van der Waals surface area contributed by atoms with E-state index in [0.717, 1.165) is 6.42 Å². The van der Waals surface area contributed by atoms with Gasteiger partial charge in [0.25, 0.3) is 0 Å². The second-order valence-electron chi connectivity index (χ2n) is 5.62. The highest BCUT2D eigenvalue weighted by Crippen LogP contribution is 2.34. The Kier molecular flexibility index (Phi) is 4.05. The third kappa shape index (κ3) is 2.80. The van der Waals surface area contributed by atoms with Gasteiger partial charge >= 0.3 is 0 Å². The van der Waals surface area contributed by atoms with Crippen LogP contribution in [-0.2, 0) is 4.79 Å². The van der Waals surface area contributed by atoms with E-state index in [1.165, 1.54) is 32.1 Å². The van der Waals surface area contributed by atoms with Crippen molar-refractivity contribution in [1.29, 1.82) is 0 Å². The second-order valence-corrected chi connectivity index (χ2v) is 5.62. The fourth-order valence-corrected chi connectivity index (χ4v) is 3.14. The molecule has 0 aromatic heterocycles. The smallest absolute Gasteiger partial charge is 0.236 e. The maximum absolute atomic E-state index is 12.0.